The highest BCUT2D eigenvalue weighted by atomic mass is 32.2. The Bertz CT molecular complexity index is 3570. The zero-order valence-corrected chi connectivity index (χ0v) is 54.6. The smallest absolute Gasteiger partial charge is 0.246 e. The van der Waals surface area contributed by atoms with Crippen LogP contribution in [0.15, 0.2) is 109 Å². The van der Waals surface area contributed by atoms with Crippen LogP contribution >= 0.6 is 23.5 Å². The number of thioether (sulfide) groups is 2. The molecule has 9 rings (SSSR count). The SMILES string of the molecule is COc1ccc(C[C@@H]2NC(=O)[C@H]([C@@H](C)O)NC(=O)[C@@H]3[C@@H]4CCN3C(=O)[C@H](Cc3c[nH]c5ccc(F)cc35)NC(=O)[C@H](Cc3cccc(c3)C/C=C\CO4)NC(=O)[C@@H](C)NC(=O)[C@H](C)NC(=O)CCSCc3cccc(c3)CSCCNC(=O)[C@]3(C)CCCN3C2=O)cc1. The number of benzene rings is 4. The Labute approximate surface area is 548 Å². The van der Waals surface area contributed by atoms with Crippen molar-refractivity contribution in [1.82, 2.24) is 52.0 Å². The summed E-state index contributed by atoms with van der Waals surface area (Å²) in [5.41, 5.74) is 3.87. The number of aromatic amines is 1. The van der Waals surface area contributed by atoms with Gasteiger partial charge in [0, 0.05) is 85.4 Å². The van der Waals surface area contributed by atoms with Crippen LogP contribution in [-0.2, 0) is 85.1 Å². The quantitative estimate of drug-likeness (QED) is 0.109. The molecule has 4 aromatic carbocycles. The Morgan fingerprint density at radius 1 is 0.720 bits per heavy atom. The number of H-pyrrole nitrogens is 1. The van der Waals surface area contributed by atoms with E-state index in [-0.39, 0.29) is 63.6 Å². The first kappa shape index (κ1) is 69.1. The van der Waals surface area contributed by atoms with Gasteiger partial charge in [0.2, 0.25) is 53.2 Å². The van der Waals surface area contributed by atoms with Gasteiger partial charge in [0.25, 0.3) is 0 Å². The molecule has 0 aliphatic carbocycles. The minimum Gasteiger partial charge on any atom is -0.497 e. The molecule has 4 aliphatic rings. The minimum absolute atomic E-state index is 0.0127. The summed E-state index contributed by atoms with van der Waals surface area (Å²) in [4.78, 5) is 137. The Kier molecular flexibility index (Phi) is 23.8. The number of hydrogen-bond donors (Lipinski definition) is 9. The molecule has 2 fully saturated rings. The van der Waals surface area contributed by atoms with Crippen LogP contribution in [0.2, 0.25) is 0 Å². The van der Waals surface area contributed by atoms with Crippen molar-refractivity contribution in [3.8, 4) is 5.75 Å². The van der Waals surface area contributed by atoms with Crippen molar-refractivity contribution in [3.05, 3.63) is 149 Å². The summed E-state index contributed by atoms with van der Waals surface area (Å²) in [5, 5.41) is 31.5. The van der Waals surface area contributed by atoms with Gasteiger partial charge in [0.05, 0.1) is 25.9 Å². The first-order valence-electron chi connectivity index (χ1n) is 31.5. The molecule has 9 N–H and O–H groups in total. The van der Waals surface area contributed by atoms with Crippen molar-refractivity contribution in [3.63, 3.8) is 0 Å². The molecule has 8 bridgehead atoms. The number of rotatable bonds is 6. The van der Waals surface area contributed by atoms with Gasteiger partial charge in [-0.05, 0) is 117 Å². The second-order valence-corrected chi connectivity index (χ2v) is 26.5. The molecule has 5 aromatic rings. The zero-order chi connectivity index (χ0) is 66.3. The molecule has 4 aliphatic heterocycles. The number of aliphatic hydroxyl groups is 1. The summed E-state index contributed by atoms with van der Waals surface area (Å²) in [6.45, 7) is 6.31. The lowest BCUT2D eigenvalue weighted by molar-refractivity contribution is -0.147. The van der Waals surface area contributed by atoms with E-state index >= 15 is 19.2 Å². The van der Waals surface area contributed by atoms with Gasteiger partial charge in [-0.25, -0.2) is 4.39 Å². The lowest BCUT2D eigenvalue weighted by Gasteiger charge is -2.37. The van der Waals surface area contributed by atoms with Crippen LogP contribution in [0.5, 0.6) is 5.75 Å². The third kappa shape index (κ3) is 17.9. The highest BCUT2D eigenvalue weighted by molar-refractivity contribution is 7.98. The molecule has 0 spiro atoms. The van der Waals surface area contributed by atoms with Crippen LogP contribution in [0, 0.1) is 5.82 Å². The van der Waals surface area contributed by atoms with Crippen LogP contribution < -0.4 is 42.0 Å². The zero-order valence-electron chi connectivity index (χ0n) is 52.9. The second kappa shape index (κ2) is 32.1. The van der Waals surface area contributed by atoms with Gasteiger partial charge in [0.15, 0.2) is 0 Å². The summed E-state index contributed by atoms with van der Waals surface area (Å²) in [5.74, 6) is -3.89. The molecule has 25 heteroatoms. The molecule has 93 heavy (non-hydrogen) atoms. The summed E-state index contributed by atoms with van der Waals surface area (Å²) in [6, 6.07) is 16.7. The van der Waals surface area contributed by atoms with E-state index in [0.29, 0.717) is 82.2 Å². The molecule has 496 valence electrons. The number of halogens is 1. The number of methoxy groups -OCH3 is 1. The molecule has 9 amide bonds. The van der Waals surface area contributed by atoms with Gasteiger partial charge in [-0.3, -0.25) is 43.2 Å². The predicted octanol–water partition coefficient (Wildman–Crippen LogP) is 3.84. The number of nitrogens with zero attached hydrogens (tertiary/aromatic N) is 2. The van der Waals surface area contributed by atoms with Crippen molar-refractivity contribution in [2.45, 2.75) is 151 Å². The van der Waals surface area contributed by atoms with Crippen molar-refractivity contribution in [1.29, 1.82) is 0 Å². The number of carbonyl (C=O) groups excluding carboxylic acids is 9. The van der Waals surface area contributed by atoms with Crippen molar-refractivity contribution < 1.29 is 62.1 Å². The van der Waals surface area contributed by atoms with E-state index in [1.165, 1.54) is 55.9 Å². The number of hydrogen-bond acceptors (Lipinski definition) is 14. The minimum atomic E-state index is -1.73. The number of allylic oxidation sites excluding steroid dienone is 1. The van der Waals surface area contributed by atoms with Gasteiger partial charge in [-0.1, -0.05) is 72.8 Å². The molecule has 0 unspecified atom stereocenters. The van der Waals surface area contributed by atoms with Crippen molar-refractivity contribution in [2.24, 2.45) is 0 Å². The Hall–Kier alpha value is -8.26. The normalized spacial score (nSPS) is 26.6. The fraction of sp³-hybridized carbons (Fsp3) is 0.456. The first-order chi connectivity index (χ1) is 44.7. The van der Waals surface area contributed by atoms with Gasteiger partial charge in [-0.2, -0.15) is 23.5 Å². The average molecular weight is 1320 g/mol. The molecule has 10 atom stereocenters. The molecule has 22 nitrogen and oxygen atoms in total. The molecule has 0 saturated carbocycles. The van der Waals surface area contributed by atoms with E-state index in [9.17, 15) is 33.5 Å². The summed E-state index contributed by atoms with van der Waals surface area (Å²) >= 11 is 3.18. The maximum atomic E-state index is 15.6. The number of nitrogens with one attached hydrogen (secondary N) is 8. The molecular weight excluding hydrogens is 1230 g/mol. The number of carbonyl (C=O) groups is 9. The van der Waals surface area contributed by atoms with E-state index in [2.05, 4.69) is 48.3 Å². The summed E-state index contributed by atoms with van der Waals surface area (Å²) in [7, 11) is 1.51. The summed E-state index contributed by atoms with van der Waals surface area (Å²) < 4.78 is 26.8. The average Bonchev–Trinajstić information content (AvgIpc) is 1.70. The lowest BCUT2D eigenvalue weighted by Crippen LogP contribution is -2.64. The van der Waals surface area contributed by atoms with E-state index in [1.807, 2.05) is 36.4 Å². The van der Waals surface area contributed by atoms with Gasteiger partial charge >= 0.3 is 0 Å². The van der Waals surface area contributed by atoms with Gasteiger partial charge in [-0.15, -0.1) is 0 Å². The molecular formula is C68H83FN10O12S2. The maximum Gasteiger partial charge on any atom is 0.246 e. The van der Waals surface area contributed by atoms with Crippen molar-refractivity contribution >= 4 is 87.6 Å². The van der Waals surface area contributed by atoms with Crippen LogP contribution in [0.3, 0.4) is 0 Å². The number of amides is 9. The van der Waals surface area contributed by atoms with Crippen LogP contribution in [0.4, 0.5) is 4.39 Å². The maximum absolute atomic E-state index is 15.6. The van der Waals surface area contributed by atoms with E-state index < -0.39 is 107 Å². The number of ether oxygens (including phenoxy) is 2. The van der Waals surface area contributed by atoms with Crippen LogP contribution in [0.25, 0.3) is 10.9 Å². The summed E-state index contributed by atoms with van der Waals surface area (Å²) in [6.07, 6.45) is 3.63. The highest BCUT2D eigenvalue weighted by Gasteiger charge is 2.49. The largest absolute Gasteiger partial charge is 0.497 e. The Balaban J connectivity index is 1.06. The number of fused-ring (bicyclic) bond motifs is 10. The van der Waals surface area contributed by atoms with E-state index in [0.717, 1.165) is 16.7 Å². The molecule has 2 saturated heterocycles. The van der Waals surface area contributed by atoms with Gasteiger partial charge < -0.3 is 66.6 Å². The fourth-order valence-electron chi connectivity index (χ4n) is 12.2. The third-order valence-corrected chi connectivity index (χ3v) is 19.4. The van der Waals surface area contributed by atoms with Crippen molar-refractivity contribution in [2.75, 3.05) is 44.9 Å². The molecule has 0 radical (unpaired) electrons. The predicted molar refractivity (Wildman–Crippen MR) is 352 cm³/mol. The van der Waals surface area contributed by atoms with E-state index in [4.69, 9.17) is 9.47 Å². The topological polar surface area (TPSA) is 299 Å². The monoisotopic (exact) mass is 1310 g/mol. The molecule has 1 aromatic heterocycles. The Morgan fingerprint density at radius 3 is 2.14 bits per heavy atom. The standard InChI is InChI=1S/C68H83FN10O12S2/c1-40-60(82)73-41(2)61(83)74-53-34-45-13-8-12-43(31-45)11-6-7-28-91-56-22-27-78(65(87)55(75-62(53)84)35-48-37-71-52-21-18-49(69)36-51(48)52)59(56)64(86)77-58(42(3)80)63(85)76-54(33-44-16-19-50(90-5)20-17-44)66(88)79-26-10-24-68(79,4)67(89)70-25-30-93-39-47-15-9-14-46(32-47)38-92-29-23-57(81)72-40/h6-9,12-21,31-32,36-37,40-42,53-56,58-59,71,80H,10-11,22-30,33-35,38-39H2,1-5H3,(H,70,89)(H,72,81)(H,73,82)(H,74,83)(H,75,84)(H,76,85)(H,77,86)/b7-6-/t40-,41+,42+,53-,54-,55-,56-,58-,59-,68-/m0/s1. The van der Waals surface area contributed by atoms with Crippen LogP contribution in [-0.4, -0.2) is 178 Å². The Morgan fingerprint density at radius 2 is 1.40 bits per heavy atom. The van der Waals surface area contributed by atoms with E-state index in [1.54, 1.807) is 79.1 Å². The third-order valence-electron chi connectivity index (χ3n) is 17.4. The fourth-order valence-corrected chi connectivity index (χ4v) is 13.9. The number of aromatic nitrogens is 1. The molecule has 5 heterocycles. The number of aliphatic hydroxyl groups excluding tert-OH is 1. The van der Waals surface area contributed by atoms with Gasteiger partial charge in [0.1, 0.15) is 59.4 Å². The van der Waals surface area contributed by atoms with Crippen LogP contribution in [0.1, 0.15) is 86.8 Å². The lowest BCUT2D eigenvalue weighted by atomic mass is 9.95. The second-order valence-electron chi connectivity index (χ2n) is 24.3. The first-order valence-corrected chi connectivity index (χ1v) is 33.8. The highest BCUT2D eigenvalue weighted by Crippen LogP contribution is 2.32.